The van der Waals surface area contributed by atoms with Gasteiger partial charge < -0.3 is 0 Å². The van der Waals surface area contributed by atoms with Crippen LogP contribution in [0.1, 0.15) is 18.2 Å². The second-order valence-corrected chi connectivity index (χ2v) is 9.93. The van der Waals surface area contributed by atoms with Crippen LogP contribution >= 0.6 is 39.0 Å². The van der Waals surface area contributed by atoms with Gasteiger partial charge in [-0.15, -0.1) is 11.8 Å². The first-order valence-electron chi connectivity index (χ1n) is 9.60. The zero-order chi connectivity index (χ0) is 20.9. The van der Waals surface area contributed by atoms with Crippen LogP contribution in [-0.4, -0.2) is 21.6 Å². The SMILES string of the molecule is CCSc1ccc(CC(=O)N(Cc2ccccn2)c2nc3ccc(Br)cc3s2)cc1. The first kappa shape index (κ1) is 21.0. The Morgan fingerprint density at radius 1 is 1.13 bits per heavy atom. The summed E-state index contributed by atoms with van der Waals surface area (Å²) in [6.45, 7) is 2.53. The molecule has 7 heteroatoms. The van der Waals surface area contributed by atoms with Gasteiger partial charge >= 0.3 is 0 Å². The number of thioether (sulfide) groups is 1. The molecule has 0 aliphatic carbocycles. The normalized spacial score (nSPS) is 11.0. The average molecular weight is 498 g/mol. The van der Waals surface area contributed by atoms with Crippen molar-refractivity contribution in [1.82, 2.24) is 9.97 Å². The molecule has 0 N–H and O–H groups in total. The lowest BCUT2D eigenvalue weighted by Crippen LogP contribution is -2.32. The van der Waals surface area contributed by atoms with Crippen molar-refractivity contribution in [1.29, 1.82) is 0 Å². The molecule has 0 radical (unpaired) electrons. The lowest BCUT2D eigenvalue weighted by molar-refractivity contribution is -0.118. The van der Waals surface area contributed by atoms with Crippen molar-refractivity contribution >= 4 is 60.3 Å². The molecule has 2 heterocycles. The summed E-state index contributed by atoms with van der Waals surface area (Å²) < 4.78 is 2.04. The molecule has 0 bridgehead atoms. The first-order valence-corrected chi connectivity index (χ1v) is 12.2. The topological polar surface area (TPSA) is 46.1 Å². The van der Waals surface area contributed by atoms with Crippen LogP contribution in [0.5, 0.6) is 0 Å². The fraction of sp³-hybridized carbons (Fsp3) is 0.174. The number of amides is 1. The minimum Gasteiger partial charge on any atom is -0.282 e. The number of carbonyl (C=O) groups excluding carboxylic acids is 1. The Hall–Kier alpha value is -2.22. The lowest BCUT2D eigenvalue weighted by atomic mass is 10.1. The number of rotatable bonds is 7. The Morgan fingerprint density at radius 2 is 1.97 bits per heavy atom. The summed E-state index contributed by atoms with van der Waals surface area (Å²) in [4.78, 5) is 25.4. The molecule has 1 amide bonds. The molecule has 0 fully saturated rings. The monoisotopic (exact) mass is 497 g/mol. The van der Waals surface area contributed by atoms with Crippen LogP contribution in [0.15, 0.2) is 76.2 Å². The minimum atomic E-state index is 0.00895. The number of hydrogen-bond acceptors (Lipinski definition) is 5. The number of pyridine rings is 1. The maximum absolute atomic E-state index is 13.3. The number of fused-ring (bicyclic) bond motifs is 1. The van der Waals surface area contributed by atoms with Gasteiger partial charge in [0.2, 0.25) is 5.91 Å². The second kappa shape index (κ2) is 9.73. The number of anilines is 1. The highest BCUT2D eigenvalue weighted by molar-refractivity contribution is 9.10. The van der Waals surface area contributed by atoms with E-state index in [9.17, 15) is 4.79 Å². The van der Waals surface area contributed by atoms with Gasteiger partial charge in [-0.2, -0.15) is 0 Å². The minimum absolute atomic E-state index is 0.00895. The van der Waals surface area contributed by atoms with Crippen LogP contribution < -0.4 is 4.90 Å². The summed E-state index contributed by atoms with van der Waals surface area (Å²) in [6, 6.07) is 19.9. The van der Waals surface area contributed by atoms with Crippen molar-refractivity contribution in [2.45, 2.75) is 24.8 Å². The molecule has 2 aromatic heterocycles. The smallest absolute Gasteiger partial charge is 0.233 e. The van der Waals surface area contributed by atoms with Gasteiger partial charge in [-0.05, 0) is 53.8 Å². The zero-order valence-electron chi connectivity index (χ0n) is 16.4. The highest BCUT2D eigenvalue weighted by Gasteiger charge is 2.21. The summed E-state index contributed by atoms with van der Waals surface area (Å²) in [6.07, 6.45) is 2.07. The van der Waals surface area contributed by atoms with Crippen LogP contribution in [0.4, 0.5) is 5.13 Å². The molecule has 4 nitrogen and oxygen atoms in total. The third-order valence-electron chi connectivity index (χ3n) is 4.51. The maximum Gasteiger partial charge on any atom is 0.233 e. The molecule has 0 unspecified atom stereocenters. The Balaban J connectivity index is 1.62. The van der Waals surface area contributed by atoms with Crippen LogP contribution in [-0.2, 0) is 17.8 Å². The molecule has 30 heavy (non-hydrogen) atoms. The second-order valence-electron chi connectivity index (χ2n) is 6.66. The number of aromatic nitrogens is 2. The third kappa shape index (κ3) is 5.09. The van der Waals surface area contributed by atoms with Crippen LogP contribution in [0.3, 0.4) is 0 Å². The van der Waals surface area contributed by atoms with E-state index in [2.05, 4.69) is 40.0 Å². The Kier molecular flexibility index (Phi) is 6.82. The molecule has 0 spiro atoms. The standard InChI is InChI=1S/C23H20BrN3OS2/c1-2-29-19-9-6-16(7-10-19)13-22(28)27(15-18-5-3-4-12-25-18)23-26-20-11-8-17(24)14-21(20)30-23/h3-12,14H,2,13,15H2,1H3. The van der Waals surface area contributed by atoms with E-state index in [1.807, 2.05) is 48.5 Å². The summed E-state index contributed by atoms with van der Waals surface area (Å²) in [5.74, 6) is 1.04. The van der Waals surface area contributed by atoms with Crippen molar-refractivity contribution in [3.8, 4) is 0 Å². The van der Waals surface area contributed by atoms with Gasteiger partial charge in [-0.3, -0.25) is 14.7 Å². The molecule has 4 aromatic rings. The van der Waals surface area contributed by atoms with E-state index in [4.69, 9.17) is 4.98 Å². The van der Waals surface area contributed by atoms with Gasteiger partial charge in [-0.1, -0.05) is 52.4 Å². The van der Waals surface area contributed by atoms with E-state index in [1.54, 1.807) is 22.9 Å². The van der Waals surface area contributed by atoms with Crippen molar-refractivity contribution in [2.75, 3.05) is 10.7 Å². The molecule has 4 rings (SSSR count). The fourth-order valence-electron chi connectivity index (χ4n) is 3.06. The number of carbonyl (C=O) groups is 1. The van der Waals surface area contributed by atoms with E-state index < -0.39 is 0 Å². The summed E-state index contributed by atoms with van der Waals surface area (Å²) in [7, 11) is 0. The van der Waals surface area contributed by atoms with Crippen LogP contribution in [0.25, 0.3) is 10.2 Å². The van der Waals surface area contributed by atoms with Crippen molar-refractivity contribution in [3.63, 3.8) is 0 Å². The van der Waals surface area contributed by atoms with Crippen LogP contribution in [0.2, 0.25) is 0 Å². The molecule has 0 aliphatic rings. The fourth-order valence-corrected chi connectivity index (χ4v) is 5.25. The van der Waals surface area contributed by atoms with E-state index >= 15 is 0 Å². The van der Waals surface area contributed by atoms with Gasteiger partial charge in [0.25, 0.3) is 0 Å². The number of benzene rings is 2. The molecule has 0 saturated heterocycles. The molecule has 152 valence electrons. The maximum atomic E-state index is 13.3. The first-order chi connectivity index (χ1) is 14.6. The van der Waals surface area contributed by atoms with Crippen molar-refractivity contribution in [3.05, 3.63) is 82.6 Å². The Bertz CT molecular complexity index is 1150. The Morgan fingerprint density at radius 3 is 2.70 bits per heavy atom. The number of thiazole rings is 1. The van der Waals surface area contributed by atoms with Gasteiger partial charge in [0.05, 0.1) is 28.9 Å². The van der Waals surface area contributed by atoms with Crippen molar-refractivity contribution in [2.24, 2.45) is 0 Å². The van der Waals surface area contributed by atoms with Crippen LogP contribution in [0, 0.1) is 0 Å². The van der Waals surface area contributed by atoms with E-state index in [1.165, 1.54) is 16.2 Å². The number of hydrogen-bond donors (Lipinski definition) is 0. The van der Waals surface area contributed by atoms with Crippen molar-refractivity contribution < 1.29 is 4.79 Å². The van der Waals surface area contributed by atoms with Gasteiger partial charge in [0, 0.05) is 15.6 Å². The highest BCUT2D eigenvalue weighted by Crippen LogP contribution is 2.32. The number of nitrogens with zero attached hydrogens (tertiary/aromatic N) is 3. The largest absolute Gasteiger partial charge is 0.282 e. The molecule has 0 atom stereocenters. The quantitative estimate of drug-likeness (QED) is 0.279. The lowest BCUT2D eigenvalue weighted by Gasteiger charge is -2.19. The average Bonchev–Trinajstić information content (AvgIpc) is 3.17. The zero-order valence-corrected chi connectivity index (χ0v) is 19.6. The molecular weight excluding hydrogens is 478 g/mol. The van der Waals surface area contributed by atoms with E-state index in [-0.39, 0.29) is 5.91 Å². The Labute approximate surface area is 192 Å². The third-order valence-corrected chi connectivity index (χ3v) is 6.94. The van der Waals surface area contributed by atoms with E-state index in [0.29, 0.717) is 18.1 Å². The summed E-state index contributed by atoms with van der Waals surface area (Å²) >= 11 is 6.82. The highest BCUT2D eigenvalue weighted by atomic mass is 79.9. The molecule has 2 aromatic carbocycles. The number of halogens is 1. The molecular formula is C23H20BrN3OS2. The summed E-state index contributed by atoms with van der Waals surface area (Å²) in [5.41, 5.74) is 2.72. The molecule has 0 saturated carbocycles. The predicted molar refractivity (Wildman–Crippen MR) is 129 cm³/mol. The summed E-state index contributed by atoms with van der Waals surface area (Å²) in [5, 5.41) is 0.692. The van der Waals surface area contributed by atoms with Gasteiger partial charge in [0.1, 0.15) is 0 Å². The predicted octanol–water partition coefficient (Wildman–Crippen LogP) is 6.34. The molecule has 0 aliphatic heterocycles. The van der Waals surface area contributed by atoms with E-state index in [0.717, 1.165) is 31.7 Å². The van der Waals surface area contributed by atoms with Gasteiger partial charge in [-0.25, -0.2) is 4.98 Å². The van der Waals surface area contributed by atoms with Gasteiger partial charge in [0.15, 0.2) is 5.13 Å².